The van der Waals surface area contributed by atoms with Crippen LogP contribution in [0.2, 0.25) is 0 Å². The van der Waals surface area contributed by atoms with E-state index in [0.29, 0.717) is 46.0 Å². The van der Waals surface area contributed by atoms with E-state index < -0.39 is 5.97 Å². The van der Waals surface area contributed by atoms with Gasteiger partial charge in [-0.05, 0) is 71.8 Å². The van der Waals surface area contributed by atoms with Gasteiger partial charge in [0, 0.05) is 41.9 Å². The van der Waals surface area contributed by atoms with Gasteiger partial charge in [0.2, 0.25) is 0 Å². The molecule has 1 amide bonds. The number of carboxylic acid groups (broad SMARTS) is 1. The number of carbonyl (C=O) groups excluding carboxylic acids is 1. The van der Waals surface area contributed by atoms with Crippen molar-refractivity contribution < 1.29 is 14.7 Å². The van der Waals surface area contributed by atoms with Crippen molar-refractivity contribution in [3.63, 3.8) is 0 Å². The number of amides is 1. The quantitative estimate of drug-likeness (QED) is 0.245. The van der Waals surface area contributed by atoms with Crippen molar-refractivity contribution in [3.05, 3.63) is 120 Å². The van der Waals surface area contributed by atoms with Crippen molar-refractivity contribution >= 4 is 28.9 Å². The third-order valence-electron chi connectivity index (χ3n) is 6.76. The minimum Gasteiger partial charge on any atom is -0.481 e. The number of fused-ring (bicyclic) bond motifs is 1. The number of nitrogen functional groups attached to an aromatic ring is 1. The van der Waals surface area contributed by atoms with Crippen LogP contribution in [-0.4, -0.2) is 41.5 Å². The van der Waals surface area contributed by atoms with E-state index >= 15 is 0 Å². The number of rotatable bonds is 8. The van der Waals surface area contributed by atoms with E-state index in [2.05, 4.69) is 15.3 Å². The van der Waals surface area contributed by atoms with E-state index in [4.69, 9.17) is 20.8 Å². The van der Waals surface area contributed by atoms with Crippen molar-refractivity contribution in [3.8, 4) is 28.3 Å². The van der Waals surface area contributed by atoms with Gasteiger partial charge in [0.25, 0.3) is 5.91 Å². The van der Waals surface area contributed by atoms with E-state index in [-0.39, 0.29) is 12.3 Å². The average Bonchev–Trinajstić information content (AvgIpc) is 3.39. The highest BCUT2D eigenvalue weighted by molar-refractivity contribution is 5.94. The Balaban J connectivity index is 1.30. The second kappa shape index (κ2) is 11.3. The second-order valence-corrected chi connectivity index (χ2v) is 9.60. The van der Waals surface area contributed by atoms with Gasteiger partial charge in [-0.25, -0.2) is 15.0 Å². The van der Waals surface area contributed by atoms with Crippen LogP contribution in [0.1, 0.15) is 21.5 Å². The lowest BCUT2D eigenvalue weighted by Gasteiger charge is -2.12. The van der Waals surface area contributed by atoms with Gasteiger partial charge in [-0.3, -0.25) is 19.1 Å². The SMILES string of the molecule is Nc1ncccc1-c1nc2ccc(-c3cccnc3)nc2n1-c1ccc(CNC(=O)c2ccc(CC(=O)O)cc2)cc1. The molecule has 0 saturated heterocycles. The zero-order chi connectivity index (χ0) is 29.1. The van der Waals surface area contributed by atoms with Crippen molar-refractivity contribution in [1.82, 2.24) is 29.8 Å². The van der Waals surface area contributed by atoms with E-state index in [1.165, 1.54) is 0 Å². The maximum absolute atomic E-state index is 12.7. The molecular formula is C32H25N7O3. The van der Waals surface area contributed by atoms with E-state index in [1.54, 1.807) is 42.9 Å². The molecule has 0 unspecified atom stereocenters. The fourth-order valence-electron chi connectivity index (χ4n) is 4.66. The Morgan fingerprint density at radius 3 is 2.33 bits per heavy atom. The summed E-state index contributed by atoms with van der Waals surface area (Å²) in [6, 6.07) is 25.6. The third-order valence-corrected chi connectivity index (χ3v) is 6.76. The molecule has 0 spiro atoms. The summed E-state index contributed by atoms with van der Waals surface area (Å²) in [5.41, 5.74) is 12.7. The Hall–Kier alpha value is -5.90. The molecule has 0 aliphatic carbocycles. The standard InChI is InChI=1S/C32H25N7O3/c33-29-25(4-2-16-35-29)30-38-27-14-13-26(23-3-1-15-34-19-23)37-31(27)39(30)24-11-7-21(8-12-24)18-36-32(42)22-9-5-20(6-10-22)17-28(40)41/h1-16,19H,17-18H2,(H2,33,35)(H,36,42)(H,40,41). The Kier molecular flexibility index (Phi) is 7.08. The first-order valence-corrected chi connectivity index (χ1v) is 13.2. The number of benzene rings is 2. The molecule has 206 valence electrons. The smallest absolute Gasteiger partial charge is 0.307 e. The van der Waals surface area contributed by atoms with Gasteiger partial charge in [0.05, 0.1) is 17.7 Å². The Morgan fingerprint density at radius 1 is 0.857 bits per heavy atom. The number of nitrogens with zero attached hydrogens (tertiary/aromatic N) is 5. The average molecular weight is 556 g/mol. The number of hydrogen-bond donors (Lipinski definition) is 3. The first-order chi connectivity index (χ1) is 20.5. The van der Waals surface area contributed by atoms with Crippen LogP contribution in [0.5, 0.6) is 0 Å². The summed E-state index contributed by atoms with van der Waals surface area (Å²) in [5.74, 6) is -0.196. The molecule has 0 fully saturated rings. The van der Waals surface area contributed by atoms with E-state index in [9.17, 15) is 9.59 Å². The molecule has 4 aromatic heterocycles. The van der Waals surface area contributed by atoms with Crippen LogP contribution in [0, 0.1) is 0 Å². The van der Waals surface area contributed by atoms with Crippen LogP contribution in [-0.2, 0) is 17.8 Å². The van der Waals surface area contributed by atoms with Gasteiger partial charge >= 0.3 is 5.97 Å². The topological polar surface area (TPSA) is 149 Å². The normalized spacial score (nSPS) is 11.0. The Bertz CT molecular complexity index is 1900. The summed E-state index contributed by atoms with van der Waals surface area (Å²) in [6.45, 7) is 0.312. The molecular weight excluding hydrogens is 530 g/mol. The van der Waals surface area contributed by atoms with Gasteiger partial charge in [-0.1, -0.05) is 24.3 Å². The molecule has 0 aliphatic heterocycles. The Labute approximate surface area is 240 Å². The first-order valence-electron chi connectivity index (χ1n) is 13.2. The Morgan fingerprint density at radius 2 is 1.62 bits per heavy atom. The summed E-state index contributed by atoms with van der Waals surface area (Å²) < 4.78 is 1.95. The van der Waals surface area contributed by atoms with Crippen LogP contribution in [0.25, 0.3) is 39.5 Å². The maximum Gasteiger partial charge on any atom is 0.307 e. The van der Waals surface area contributed by atoms with E-state index in [0.717, 1.165) is 22.5 Å². The van der Waals surface area contributed by atoms with Crippen LogP contribution < -0.4 is 11.1 Å². The number of pyridine rings is 3. The molecule has 0 bridgehead atoms. The molecule has 6 aromatic rings. The first kappa shape index (κ1) is 26.3. The number of carboxylic acids is 1. The fraction of sp³-hybridized carbons (Fsp3) is 0.0625. The molecule has 42 heavy (non-hydrogen) atoms. The molecule has 10 nitrogen and oxygen atoms in total. The zero-order valence-electron chi connectivity index (χ0n) is 22.3. The highest BCUT2D eigenvalue weighted by Crippen LogP contribution is 2.31. The molecule has 0 atom stereocenters. The van der Waals surface area contributed by atoms with Crippen LogP contribution in [0.4, 0.5) is 5.82 Å². The predicted octanol–water partition coefficient (Wildman–Crippen LogP) is 4.68. The van der Waals surface area contributed by atoms with Gasteiger partial charge in [0.15, 0.2) is 11.5 Å². The van der Waals surface area contributed by atoms with Crippen molar-refractivity contribution in [2.24, 2.45) is 0 Å². The van der Waals surface area contributed by atoms with Crippen molar-refractivity contribution in [2.75, 3.05) is 5.73 Å². The minimum absolute atomic E-state index is 0.0875. The largest absolute Gasteiger partial charge is 0.481 e. The number of aromatic nitrogens is 5. The van der Waals surface area contributed by atoms with Crippen molar-refractivity contribution in [1.29, 1.82) is 0 Å². The van der Waals surface area contributed by atoms with Gasteiger partial charge in [0.1, 0.15) is 11.3 Å². The molecule has 0 aliphatic rings. The monoisotopic (exact) mass is 555 g/mol. The number of nitrogens with two attached hydrogens (primary N) is 1. The molecule has 4 N–H and O–H groups in total. The third kappa shape index (κ3) is 5.41. The maximum atomic E-state index is 12.7. The van der Waals surface area contributed by atoms with E-state index in [1.807, 2.05) is 65.2 Å². The lowest BCUT2D eigenvalue weighted by Crippen LogP contribution is -2.22. The molecule has 10 heteroatoms. The zero-order valence-corrected chi connectivity index (χ0v) is 22.3. The van der Waals surface area contributed by atoms with Gasteiger partial charge < -0.3 is 16.2 Å². The number of carbonyl (C=O) groups is 2. The molecule has 0 saturated carbocycles. The van der Waals surface area contributed by atoms with Crippen LogP contribution in [0.3, 0.4) is 0 Å². The summed E-state index contributed by atoms with van der Waals surface area (Å²) in [4.78, 5) is 41.8. The molecule has 4 heterocycles. The number of anilines is 1. The minimum atomic E-state index is -0.917. The van der Waals surface area contributed by atoms with Crippen molar-refractivity contribution in [2.45, 2.75) is 13.0 Å². The summed E-state index contributed by atoms with van der Waals surface area (Å²) in [7, 11) is 0. The lowest BCUT2D eigenvalue weighted by atomic mass is 10.1. The van der Waals surface area contributed by atoms with Gasteiger partial charge in [-0.15, -0.1) is 0 Å². The lowest BCUT2D eigenvalue weighted by molar-refractivity contribution is -0.136. The van der Waals surface area contributed by atoms with Crippen LogP contribution >= 0.6 is 0 Å². The number of aliphatic carboxylic acids is 1. The van der Waals surface area contributed by atoms with Gasteiger partial charge in [-0.2, -0.15) is 0 Å². The summed E-state index contributed by atoms with van der Waals surface area (Å²) in [6.07, 6.45) is 5.04. The fourth-order valence-corrected chi connectivity index (χ4v) is 4.66. The molecule has 6 rings (SSSR count). The molecule has 2 aromatic carbocycles. The number of hydrogen-bond acceptors (Lipinski definition) is 7. The predicted molar refractivity (Wildman–Crippen MR) is 159 cm³/mol. The summed E-state index contributed by atoms with van der Waals surface area (Å²) in [5, 5.41) is 11.8. The number of imidazole rings is 1. The highest BCUT2D eigenvalue weighted by Gasteiger charge is 2.19. The summed E-state index contributed by atoms with van der Waals surface area (Å²) >= 11 is 0. The number of nitrogens with one attached hydrogen (secondary N) is 1. The highest BCUT2D eigenvalue weighted by atomic mass is 16.4. The second-order valence-electron chi connectivity index (χ2n) is 9.60. The van der Waals surface area contributed by atoms with Crippen LogP contribution in [0.15, 0.2) is 104 Å². The molecule has 0 radical (unpaired) electrons.